The molecule has 0 amide bonds. The Balaban J connectivity index is 2.79. The Morgan fingerprint density at radius 1 is 1.58 bits per heavy atom. The Kier molecular flexibility index (Phi) is 5.05. The van der Waals surface area contributed by atoms with Crippen molar-refractivity contribution >= 4 is 17.2 Å². The van der Waals surface area contributed by atoms with Gasteiger partial charge in [-0.25, -0.2) is 4.98 Å². The fourth-order valence-electron chi connectivity index (χ4n) is 1.76. The summed E-state index contributed by atoms with van der Waals surface area (Å²) in [6, 6.07) is 1.85. The first-order valence-corrected chi connectivity index (χ1v) is 6.61. The van der Waals surface area contributed by atoms with Gasteiger partial charge in [0.2, 0.25) is 0 Å². The number of aromatic nitrogens is 2. The molecule has 0 aromatic carbocycles. The van der Waals surface area contributed by atoms with Crippen LogP contribution in [0.15, 0.2) is 10.9 Å². The molecule has 1 aromatic heterocycles. The van der Waals surface area contributed by atoms with Gasteiger partial charge in [0.25, 0.3) is 11.6 Å². The van der Waals surface area contributed by atoms with Gasteiger partial charge in [-0.05, 0) is 19.8 Å². The molecule has 0 saturated heterocycles. The SMILES string of the molecule is COc1nc(C)cc(=O)n1CCCC(C)(C)C(N)=S. The predicted octanol–water partition coefficient (Wildman–Crippen LogP) is 1.65. The zero-order valence-corrected chi connectivity index (χ0v) is 12.7. The van der Waals surface area contributed by atoms with Gasteiger partial charge in [0.15, 0.2) is 0 Å². The van der Waals surface area contributed by atoms with E-state index in [1.54, 1.807) is 6.92 Å². The largest absolute Gasteiger partial charge is 0.468 e. The molecule has 1 heterocycles. The summed E-state index contributed by atoms with van der Waals surface area (Å²) in [5.41, 5.74) is 6.03. The molecule has 0 atom stereocenters. The van der Waals surface area contributed by atoms with Crippen molar-refractivity contribution in [3.8, 4) is 6.01 Å². The molecule has 0 radical (unpaired) electrons. The van der Waals surface area contributed by atoms with E-state index in [2.05, 4.69) is 4.98 Å². The van der Waals surface area contributed by atoms with Gasteiger partial charge in [0.05, 0.1) is 12.1 Å². The van der Waals surface area contributed by atoms with Gasteiger partial charge in [-0.3, -0.25) is 9.36 Å². The molecule has 19 heavy (non-hydrogen) atoms. The van der Waals surface area contributed by atoms with Crippen molar-refractivity contribution in [3.63, 3.8) is 0 Å². The highest BCUT2D eigenvalue weighted by atomic mass is 32.1. The van der Waals surface area contributed by atoms with Crippen molar-refractivity contribution in [1.29, 1.82) is 0 Å². The zero-order valence-electron chi connectivity index (χ0n) is 11.9. The molecule has 2 N–H and O–H groups in total. The van der Waals surface area contributed by atoms with E-state index < -0.39 is 0 Å². The van der Waals surface area contributed by atoms with Gasteiger partial charge in [-0.1, -0.05) is 26.1 Å². The maximum Gasteiger partial charge on any atom is 0.299 e. The van der Waals surface area contributed by atoms with E-state index in [4.69, 9.17) is 22.7 Å². The van der Waals surface area contributed by atoms with Gasteiger partial charge in [0.1, 0.15) is 0 Å². The van der Waals surface area contributed by atoms with Crippen LogP contribution in [0.4, 0.5) is 0 Å². The minimum atomic E-state index is -0.204. The number of hydrogen-bond acceptors (Lipinski definition) is 4. The van der Waals surface area contributed by atoms with Crippen molar-refractivity contribution in [2.45, 2.75) is 40.2 Å². The van der Waals surface area contributed by atoms with Crippen molar-refractivity contribution in [2.75, 3.05) is 7.11 Å². The van der Waals surface area contributed by atoms with E-state index in [0.717, 1.165) is 12.8 Å². The standard InChI is InChI=1S/C13H21N3O2S/c1-9-8-10(17)16(12(15-9)18-4)7-5-6-13(2,3)11(14)19/h8H,5-7H2,1-4H3,(H2,14,19). The molecule has 1 aromatic rings. The number of nitrogens with zero attached hydrogens (tertiary/aromatic N) is 2. The maximum atomic E-state index is 11.9. The molecule has 0 aliphatic carbocycles. The topological polar surface area (TPSA) is 70.1 Å². The second-order valence-electron chi connectivity index (χ2n) is 5.23. The van der Waals surface area contributed by atoms with Crippen LogP contribution >= 0.6 is 12.2 Å². The molecular formula is C13H21N3O2S. The Bertz CT molecular complexity index is 523. The lowest BCUT2D eigenvalue weighted by atomic mass is 9.88. The third-order valence-corrected chi connectivity index (χ3v) is 3.69. The average molecular weight is 283 g/mol. The predicted molar refractivity (Wildman–Crippen MR) is 79.6 cm³/mol. The summed E-state index contributed by atoms with van der Waals surface area (Å²) < 4.78 is 6.67. The lowest BCUT2D eigenvalue weighted by Gasteiger charge is -2.23. The molecule has 106 valence electrons. The Hall–Kier alpha value is -1.43. The summed E-state index contributed by atoms with van der Waals surface area (Å²) in [7, 11) is 1.51. The van der Waals surface area contributed by atoms with Crippen molar-refractivity contribution < 1.29 is 4.74 Å². The number of thiocarbonyl (C=S) groups is 1. The molecule has 0 aliphatic rings. The Morgan fingerprint density at radius 3 is 2.74 bits per heavy atom. The highest BCUT2D eigenvalue weighted by Crippen LogP contribution is 2.23. The first kappa shape index (κ1) is 15.6. The number of methoxy groups -OCH3 is 1. The van der Waals surface area contributed by atoms with Crippen molar-refractivity contribution in [3.05, 3.63) is 22.1 Å². The molecule has 0 fully saturated rings. The number of rotatable bonds is 6. The van der Waals surface area contributed by atoms with E-state index in [9.17, 15) is 4.79 Å². The van der Waals surface area contributed by atoms with Crippen LogP contribution in [-0.2, 0) is 6.54 Å². The fraction of sp³-hybridized carbons (Fsp3) is 0.615. The first-order valence-electron chi connectivity index (χ1n) is 6.20. The van der Waals surface area contributed by atoms with Gasteiger partial charge >= 0.3 is 0 Å². The van der Waals surface area contributed by atoms with Crippen LogP contribution in [0.25, 0.3) is 0 Å². The van der Waals surface area contributed by atoms with Crippen LogP contribution in [0.3, 0.4) is 0 Å². The maximum absolute atomic E-state index is 11.9. The fourth-order valence-corrected chi connectivity index (χ4v) is 1.86. The molecular weight excluding hydrogens is 262 g/mol. The highest BCUT2D eigenvalue weighted by molar-refractivity contribution is 7.80. The summed E-state index contributed by atoms with van der Waals surface area (Å²) in [5.74, 6) is 0. The van der Waals surface area contributed by atoms with Gasteiger partial charge in [-0.15, -0.1) is 0 Å². The molecule has 0 unspecified atom stereocenters. The number of nitrogens with two attached hydrogens (primary N) is 1. The normalized spacial score (nSPS) is 11.4. The summed E-state index contributed by atoms with van der Waals surface area (Å²) >= 11 is 5.03. The van der Waals surface area contributed by atoms with Crippen LogP contribution < -0.4 is 16.0 Å². The Morgan fingerprint density at radius 2 is 2.21 bits per heavy atom. The minimum absolute atomic E-state index is 0.0996. The molecule has 0 saturated carbocycles. The highest BCUT2D eigenvalue weighted by Gasteiger charge is 2.21. The van der Waals surface area contributed by atoms with Crippen LogP contribution in [0.5, 0.6) is 6.01 Å². The quantitative estimate of drug-likeness (QED) is 0.804. The first-order chi connectivity index (χ1) is 8.77. The van der Waals surface area contributed by atoms with E-state index in [-0.39, 0.29) is 11.0 Å². The average Bonchev–Trinajstić information content (AvgIpc) is 2.30. The lowest BCUT2D eigenvalue weighted by molar-refractivity contribution is 0.334. The van der Waals surface area contributed by atoms with Crippen LogP contribution in [-0.4, -0.2) is 21.6 Å². The minimum Gasteiger partial charge on any atom is -0.468 e. The smallest absolute Gasteiger partial charge is 0.299 e. The second kappa shape index (κ2) is 6.14. The molecule has 5 nitrogen and oxygen atoms in total. The Labute approximate surface area is 118 Å². The molecule has 6 heteroatoms. The summed E-state index contributed by atoms with van der Waals surface area (Å²) in [4.78, 5) is 16.6. The lowest BCUT2D eigenvalue weighted by Crippen LogP contribution is -2.30. The summed E-state index contributed by atoms with van der Waals surface area (Å²) in [6.07, 6.45) is 1.59. The number of ether oxygens (including phenoxy) is 1. The van der Waals surface area contributed by atoms with Crippen LogP contribution in [0.2, 0.25) is 0 Å². The summed E-state index contributed by atoms with van der Waals surface area (Å²) in [6.45, 7) is 6.32. The zero-order chi connectivity index (χ0) is 14.6. The molecule has 0 spiro atoms. The third kappa shape index (κ3) is 4.02. The van der Waals surface area contributed by atoms with Crippen LogP contribution in [0, 0.1) is 12.3 Å². The van der Waals surface area contributed by atoms with E-state index >= 15 is 0 Å². The van der Waals surface area contributed by atoms with E-state index in [1.165, 1.54) is 17.7 Å². The third-order valence-electron chi connectivity index (χ3n) is 3.13. The number of aryl methyl sites for hydroxylation is 1. The second-order valence-corrected chi connectivity index (χ2v) is 5.67. The van der Waals surface area contributed by atoms with Gasteiger partial charge in [0, 0.05) is 23.7 Å². The molecule has 0 bridgehead atoms. The number of hydrogen-bond donors (Lipinski definition) is 1. The van der Waals surface area contributed by atoms with Crippen LogP contribution in [0.1, 0.15) is 32.4 Å². The van der Waals surface area contributed by atoms with Crippen molar-refractivity contribution in [2.24, 2.45) is 11.1 Å². The van der Waals surface area contributed by atoms with E-state index in [0.29, 0.717) is 23.2 Å². The van der Waals surface area contributed by atoms with Gasteiger partial charge < -0.3 is 10.5 Å². The van der Waals surface area contributed by atoms with Crippen molar-refractivity contribution in [1.82, 2.24) is 9.55 Å². The monoisotopic (exact) mass is 283 g/mol. The molecule has 0 aliphatic heterocycles. The summed E-state index contributed by atoms with van der Waals surface area (Å²) in [5, 5.41) is 0. The van der Waals surface area contributed by atoms with Gasteiger partial charge in [-0.2, -0.15) is 0 Å². The van der Waals surface area contributed by atoms with E-state index in [1.807, 2.05) is 13.8 Å². The molecule has 1 rings (SSSR count).